The van der Waals surface area contributed by atoms with Crippen LogP contribution in [0.1, 0.15) is 43.2 Å². The molecule has 0 radical (unpaired) electrons. The molecule has 1 saturated heterocycles. The molecule has 0 aliphatic carbocycles. The Morgan fingerprint density at radius 2 is 1.92 bits per heavy atom. The SMILES string of the molecule is CCC(=O)C1C(c2ccccc2)C2c3cccnc3NC2N1CC. The van der Waals surface area contributed by atoms with Crippen molar-refractivity contribution in [3.05, 3.63) is 59.8 Å². The number of aromatic nitrogens is 1. The van der Waals surface area contributed by atoms with Crippen LogP contribution in [0.2, 0.25) is 0 Å². The first-order chi connectivity index (χ1) is 11.8. The largest absolute Gasteiger partial charge is 0.354 e. The van der Waals surface area contributed by atoms with E-state index >= 15 is 0 Å². The average molecular weight is 321 g/mol. The van der Waals surface area contributed by atoms with Crippen LogP contribution < -0.4 is 5.32 Å². The van der Waals surface area contributed by atoms with Crippen molar-refractivity contribution >= 4 is 11.6 Å². The smallest absolute Gasteiger partial charge is 0.150 e. The summed E-state index contributed by atoms with van der Waals surface area (Å²) in [5.41, 5.74) is 2.48. The van der Waals surface area contributed by atoms with Crippen LogP contribution in [-0.4, -0.2) is 34.4 Å². The van der Waals surface area contributed by atoms with Gasteiger partial charge in [-0.15, -0.1) is 0 Å². The Balaban J connectivity index is 1.86. The van der Waals surface area contributed by atoms with Gasteiger partial charge in [-0.05, 0) is 18.2 Å². The fraction of sp³-hybridized carbons (Fsp3) is 0.400. The van der Waals surface area contributed by atoms with Crippen molar-refractivity contribution in [1.82, 2.24) is 9.88 Å². The van der Waals surface area contributed by atoms with Gasteiger partial charge < -0.3 is 5.32 Å². The van der Waals surface area contributed by atoms with Gasteiger partial charge in [0.25, 0.3) is 0 Å². The Morgan fingerprint density at radius 1 is 1.12 bits per heavy atom. The minimum atomic E-state index is -0.0711. The third kappa shape index (κ3) is 2.17. The molecule has 4 heteroatoms. The molecule has 24 heavy (non-hydrogen) atoms. The van der Waals surface area contributed by atoms with E-state index in [1.807, 2.05) is 25.3 Å². The summed E-state index contributed by atoms with van der Waals surface area (Å²) in [6, 6.07) is 14.6. The van der Waals surface area contributed by atoms with E-state index in [-0.39, 0.29) is 24.0 Å². The molecule has 0 spiro atoms. The molecule has 2 aromatic rings. The summed E-state index contributed by atoms with van der Waals surface area (Å²) in [7, 11) is 0. The predicted octanol–water partition coefficient (Wildman–Crippen LogP) is 3.38. The fourth-order valence-electron chi connectivity index (χ4n) is 4.51. The summed E-state index contributed by atoms with van der Waals surface area (Å²) in [5, 5.41) is 3.57. The van der Waals surface area contributed by atoms with Crippen LogP contribution >= 0.6 is 0 Å². The van der Waals surface area contributed by atoms with Crippen LogP contribution in [0.25, 0.3) is 0 Å². The highest BCUT2D eigenvalue weighted by atomic mass is 16.1. The number of ketones is 1. The van der Waals surface area contributed by atoms with Crippen molar-refractivity contribution in [1.29, 1.82) is 0 Å². The summed E-state index contributed by atoms with van der Waals surface area (Å²) in [5.74, 6) is 1.72. The lowest BCUT2D eigenvalue weighted by Gasteiger charge is -2.29. The molecular formula is C20H23N3O. The van der Waals surface area contributed by atoms with E-state index < -0.39 is 0 Å². The summed E-state index contributed by atoms with van der Waals surface area (Å²) in [6.45, 7) is 4.95. The quantitative estimate of drug-likeness (QED) is 0.937. The summed E-state index contributed by atoms with van der Waals surface area (Å²) in [4.78, 5) is 19.7. The first kappa shape index (κ1) is 15.3. The predicted molar refractivity (Wildman–Crippen MR) is 95.0 cm³/mol. The second kappa shape index (κ2) is 6.02. The zero-order valence-electron chi connectivity index (χ0n) is 14.1. The lowest BCUT2D eigenvalue weighted by molar-refractivity contribution is -0.123. The van der Waals surface area contributed by atoms with Gasteiger partial charge in [-0.3, -0.25) is 9.69 Å². The van der Waals surface area contributed by atoms with E-state index in [0.29, 0.717) is 12.2 Å². The zero-order chi connectivity index (χ0) is 16.7. The summed E-state index contributed by atoms with van der Waals surface area (Å²) >= 11 is 0. The maximum absolute atomic E-state index is 12.8. The molecule has 0 saturated carbocycles. The lowest BCUT2D eigenvalue weighted by atomic mass is 9.79. The monoisotopic (exact) mass is 321 g/mol. The number of Topliss-reactive ketones (excluding diaryl/α,β-unsaturated/α-hetero) is 1. The van der Waals surface area contributed by atoms with Crippen LogP contribution in [0.15, 0.2) is 48.7 Å². The van der Waals surface area contributed by atoms with Crippen LogP contribution in [0.4, 0.5) is 5.82 Å². The van der Waals surface area contributed by atoms with Crippen molar-refractivity contribution in [2.75, 3.05) is 11.9 Å². The third-order valence-electron chi connectivity index (χ3n) is 5.49. The molecule has 4 rings (SSSR count). The van der Waals surface area contributed by atoms with Crippen LogP contribution in [0.5, 0.6) is 0 Å². The number of likely N-dealkylation sites (N-methyl/N-ethyl adjacent to an activating group) is 1. The van der Waals surface area contributed by atoms with E-state index in [1.54, 1.807) is 0 Å². The first-order valence-corrected chi connectivity index (χ1v) is 8.81. The van der Waals surface area contributed by atoms with E-state index in [2.05, 4.69) is 52.5 Å². The number of fused-ring (bicyclic) bond motifs is 3. The number of carbonyl (C=O) groups is 1. The molecule has 1 aromatic heterocycles. The Kier molecular flexibility index (Phi) is 3.85. The van der Waals surface area contributed by atoms with Gasteiger partial charge in [-0.2, -0.15) is 0 Å². The van der Waals surface area contributed by atoms with Gasteiger partial charge >= 0.3 is 0 Å². The molecule has 1 fully saturated rings. The topological polar surface area (TPSA) is 45.2 Å². The number of hydrogen-bond acceptors (Lipinski definition) is 4. The van der Waals surface area contributed by atoms with Gasteiger partial charge in [-0.25, -0.2) is 4.98 Å². The van der Waals surface area contributed by atoms with E-state index in [1.165, 1.54) is 11.1 Å². The summed E-state index contributed by atoms with van der Waals surface area (Å²) < 4.78 is 0. The van der Waals surface area contributed by atoms with Crippen molar-refractivity contribution in [2.45, 2.75) is 44.3 Å². The number of nitrogens with one attached hydrogen (secondary N) is 1. The number of pyridine rings is 1. The van der Waals surface area contributed by atoms with Crippen LogP contribution in [-0.2, 0) is 4.79 Å². The molecule has 3 heterocycles. The highest BCUT2D eigenvalue weighted by molar-refractivity contribution is 5.86. The van der Waals surface area contributed by atoms with Crippen LogP contribution in [0, 0.1) is 0 Å². The zero-order valence-corrected chi connectivity index (χ0v) is 14.1. The number of rotatable bonds is 4. The van der Waals surface area contributed by atoms with E-state index in [9.17, 15) is 4.79 Å². The van der Waals surface area contributed by atoms with E-state index in [0.717, 1.165) is 12.4 Å². The maximum atomic E-state index is 12.8. The van der Waals surface area contributed by atoms with Gasteiger partial charge in [-0.1, -0.05) is 50.2 Å². The fourth-order valence-corrected chi connectivity index (χ4v) is 4.51. The van der Waals surface area contributed by atoms with Crippen molar-refractivity contribution in [2.24, 2.45) is 0 Å². The number of hydrogen-bond donors (Lipinski definition) is 1. The molecule has 4 atom stereocenters. The number of anilines is 1. The molecule has 2 aliphatic heterocycles. The molecule has 2 aliphatic rings. The maximum Gasteiger partial charge on any atom is 0.150 e. The summed E-state index contributed by atoms with van der Waals surface area (Å²) in [6.07, 6.45) is 2.55. The van der Waals surface area contributed by atoms with Gasteiger partial charge in [0, 0.05) is 30.0 Å². The molecule has 1 N–H and O–H groups in total. The molecule has 4 unspecified atom stereocenters. The normalized spacial score (nSPS) is 28.2. The van der Waals surface area contributed by atoms with Gasteiger partial charge in [0.1, 0.15) is 11.6 Å². The number of carbonyl (C=O) groups excluding carboxylic acids is 1. The molecule has 0 bridgehead atoms. The molecule has 0 amide bonds. The van der Waals surface area contributed by atoms with Crippen molar-refractivity contribution < 1.29 is 4.79 Å². The highest BCUT2D eigenvalue weighted by Gasteiger charge is 2.55. The molecule has 1 aromatic carbocycles. The second-order valence-corrected chi connectivity index (χ2v) is 6.59. The average Bonchev–Trinajstić information content (AvgIpc) is 3.15. The lowest BCUT2D eigenvalue weighted by Crippen LogP contribution is -2.44. The Hall–Kier alpha value is -2.20. The number of benzene rings is 1. The van der Waals surface area contributed by atoms with Gasteiger partial charge in [0.05, 0.1) is 12.2 Å². The van der Waals surface area contributed by atoms with Gasteiger partial charge in [0.2, 0.25) is 0 Å². The molecular weight excluding hydrogens is 298 g/mol. The minimum absolute atomic E-state index is 0.0711. The van der Waals surface area contributed by atoms with Crippen LogP contribution in [0.3, 0.4) is 0 Å². The second-order valence-electron chi connectivity index (χ2n) is 6.59. The number of likely N-dealkylation sites (tertiary alicyclic amines) is 1. The Labute approximate surface area is 142 Å². The van der Waals surface area contributed by atoms with E-state index in [4.69, 9.17) is 0 Å². The minimum Gasteiger partial charge on any atom is -0.354 e. The first-order valence-electron chi connectivity index (χ1n) is 8.81. The third-order valence-corrected chi connectivity index (χ3v) is 5.49. The number of nitrogens with zero attached hydrogens (tertiary/aromatic N) is 2. The van der Waals surface area contributed by atoms with Crippen molar-refractivity contribution in [3.8, 4) is 0 Å². The Bertz CT molecular complexity index is 746. The van der Waals surface area contributed by atoms with Gasteiger partial charge in [0.15, 0.2) is 0 Å². The standard InChI is InChI=1S/C20H23N3O/c1-3-15(24)18-16(13-9-6-5-7-10-13)17-14-11-8-12-21-19(14)22-20(17)23(18)4-2/h5-12,16-18,20H,3-4H2,1-2H3,(H,21,22). The molecule has 4 nitrogen and oxygen atoms in total. The molecule has 124 valence electrons. The van der Waals surface area contributed by atoms with Crippen molar-refractivity contribution in [3.63, 3.8) is 0 Å². The highest BCUT2D eigenvalue weighted by Crippen LogP contribution is 2.53. The Morgan fingerprint density at radius 3 is 2.62 bits per heavy atom.